The first-order valence-corrected chi connectivity index (χ1v) is 4.91. The molecule has 0 aliphatic heterocycles. The number of halogens is 1. The lowest BCUT2D eigenvalue weighted by atomic mass is 10.1. The minimum Gasteiger partial charge on any atom is -0.300 e. The molecule has 0 fully saturated rings. The molecule has 0 aliphatic rings. The third-order valence-corrected chi connectivity index (χ3v) is 1.97. The Hall–Kier alpha value is -1.41. The zero-order chi connectivity index (χ0) is 11.3. The van der Waals surface area contributed by atoms with E-state index in [1.165, 1.54) is 13.0 Å². The van der Waals surface area contributed by atoms with Crippen molar-refractivity contribution in [1.82, 2.24) is 0 Å². The van der Waals surface area contributed by atoms with Crippen molar-refractivity contribution in [2.24, 2.45) is 0 Å². The van der Waals surface area contributed by atoms with Gasteiger partial charge in [0.2, 0.25) is 0 Å². The largest absolute Gasteiger partial charge is 0.300 e. The molecule has 0 unspecified atom stereocenters. The highest BCUT2D eigenvalue weighted by atomic mass is 35.5. The molecule has 0 amide bonds. The summed E-state index contributed by atoms with van der Waals surface area (Å²) in [5, 5.41) is 0.621. The van der Waals surface area contributed by atoms with Crippen molar-refractivity contribution < 1.29 is 9.59 Å². The molecule has 0 bridgehead atoms. The average Bonchev–Trinajstić information content (AvgIpc) is 2.14. The van der Waals surface area contributed by atoms with Crippen LogP contribution in [0.2, 0.25) is 5.02 Å². The standard InChI is InChI=1S/C12H11ClO2/c1-9(14)7-12(15)6-5-10-3-2-4-11(13)8-10/h2-6,8H,7H2,1H3. The Kier molecular flexibility index (Phi) is 4.25. The number of hydrogen-bond acceptors (Lipinski definition) is 2. The van der Waals surface area contributed by atoms with E-state index in [2.05, 4.69) is 0 Å². The third kappa shape index (κ3) is 4.56. The lowest BCUT2D eigenvalue weighted by Crippen LogP contribution is -1.99. The van der Waals surface area contributed by atoms with Crippen LogP contribution in [-0.2, 0) is 9.59 Å². The number of ketones is 2. The van der Waals surface area contributed by atoms with Crippen LogP contribution in [0.25, 0.3) is 6.08 Å². The molecule has 0 heterocycles. The molecule has 0 aliphatic carbocycles. The summed E-state index contributed by atoms with van der Waals surface area (Å²) in [7, 11) is 0. The summed E-state index contributed by atoms with van der Waals surface area (Å²) in [6.45, 7) is 1.39. The van der Waals surface area contributed by atoms with E-state index in [4.69, 9.17) is 11.6 Å². The first kappa shape index (κ1) is 11.7. The summed E-state index contributed by atoms with van der Waals surface area (Å²) in [4.78, 5) is 21.8. The van der Waals surface area contributed by atoms with Crippen molar-refractivity contribution >= 4 is 29.2 Å². The van der Waals surface area contributed by atoms with Crippen LogP contribution in [0.15, 0.2) is 30.3 Å². The van der Waals surface area contributed by atoms with Crippen molar-refractivity contribution in [3.05, 3.63) is 40.9 Å². The van der Waals surface area contributed by atoms with Gasteiger partial charge in [0.05, 0.1) is 6.42 Å². The molecule has 1 aromatic carbocycles. The quantitative estimate of drug-likeness (QED) is 0.580. The summed E-state index contributed by atoms with van der Waals surface area (Å²) in [5.74, 6) is -0.321. The molecule has 3 heteroatoms. The van der Waals surface area contributed by atoms with Crippen LogP contribution in [-0.4, -0.2) is 11.6 Å². The lowest BCUT2D eigenvalue weighted by Gasteiger charge is -1.93. The minimum atomic E-state index is -0.192. The Morgan fingerprint density at radius 3 is 2.73 bits per heavy atom. The van der Waals surface area contributed by atoms with Gasteiger partial charge in [0.15, 0.2) is 5.78 Å². The van der Waals surface area contributed by atoms with Crippen molar-refractivity contribution in [1.29, 1.82) is 0 Å². The van der Waals surface area contributed by atoms with Crippen LogP contribution in [0.4, 0.5) is 0 Å². The molecule has 0 aromatic heterocycles. The highest BCUT2D eigenvalue weighted by Crippen LogP contribution is 2.11. The summed E-state index contributed by atoms with van der Waals surface area (Å²) in [6, 6.07) is 7.15. The van der Waals surface area contributed by atoms with E-state index in [1.54, 1.807) is 24.3 Å². The number of carbonyl (C=O) groups excluding carboxylic acids is 2. The smallest absolute Gasteiger partial charge is 0.163 e. The predicted molar refractivity (Wildman–Crippen MR) is 60.8 cm³/mol. The van der Waals surface area contributed by atoms with Crippen LogP contribution in [0, 0.1) is 0 Å². The second-order valence-corrected chi connectivity index (χ2v) is 3.67. The molecule has 2 nitrogen and oxygen atoms in total. The molecular formula is C12H11ClO2. The van der Waals surface area contributed by atoms with Gasteiger partial charge in [0, 0.05) is 5.02 Å². The maximum Gasteiger partial charge on any atom is 0.163 e. The SMILES string of the molecule is CC(=O)CC(=O)C=Cc1cccc(Cl)c1. The van der Waals surface area contributed by atoms with Gasteiger partial charge in [-0.2, -0.15) is 0 Å². The first-order chi connectivity index (χ1) is 7.08. The Morgan fingerprint density at radius 2 is 2.13 bits per heavy atom. The Balaban J connectivity index is 2.65. The van der Waals surface area contributed by atoms with E-state index >= 15 is 0 Å². The van der Waals surface area contributed by atoms with E-state index in [9.17, 15) is 9.59 Å². The van der Waals surface area contributed by atoms with Gasteiger partial charge in [-0.1, -0.05) is 29.8 Å². The van der Waals surface area contributed by atoms with Gasteiger partial charge in [-0.3, -0.25) is 9.59 Å². The molecule has 0 saturated heterocycles. The monoisotopic (exact) mass is 222 g/mol. The van der Waals surface area contributed by atoms with Crippen LogP contribution < -0.4 is 0 Å². The number of Topliss-reactive ketones (excluding diaryl/α,β-unsaturated/α-hetero) is 1. The Morgan fingerprint density at radius 1 is 1.40 bits per heavy atom. The van der Waals surface area contributed by atoms with Gasteiger partial charge in [-0.15, -0.1) is 0 Å². The molecule has 78 valence electrons. The van der Waals surface area contributed by atoms with E-state index < -0.39 is 0 Å². The average molecular weight is 223 g/mol. The molecule has 0 N–H and O–H groups in total. The Bertz CT molecular complexity index is 408. The first-order valence-electron chi connectivity index (χ1n) is 4.54. The van der Waals surface area contributed by atoms with Crippen LogP contribution >= 0.6 is 11.6 Å². The van der Waals surface area contributed by atoms with Gasteiger partial charge >= 0.3 is 0 Å². The second kappa shape index (κ2) is 5.47. The van der Waals surface area contributed by atoms with Gasteiger partial charge < -0.3 is 0 Å². The van der Waals surface area contributed by atoms with Crippen molar-refractivity contribution in [3.8, 4) is 0 Å². The van der Waals surface area contributed by atoms with Crippen LogP contribution in [0.3, 0.4) is 0 Å². The fourth-order valence-corrected chi connectivity index (χ4v) is 1.30. The number of rotatable bonds is 4. The summed E-state index contributed by atoms with van der Waals surface area (Å²) >= 11 is 5.77. The topological polar surface area (TPSA) is 34.1 Å². The lowest BCUT2D eigenvalue weighted by molar-refractivity contribution is -0.123. The third-order valence-electron chi connectivity index (χ3n) is 1.73. The second-order valence-electron chi connectivity index (χ2n) is 3.23. The highest BCUT2D eigenvalue weighted by molar-refractivity contribution is 6.30. The molecule has 0 atom stereocenters. The highest BCUT2D eigenvalue weighted by Gasteiger charge is 2.00. The molecule has 1 aromatic rings. The fraction of sp³-hybridized carbons (Fsp3) is 0.167. The number of hydrogen-bond donors (Lipinski definition) is 0. The molecule has 0 radical (unpaired) electrons. The molecular weight excluding hydrogens is 212 g/mol. The zero-order valence-corrected chi connectivity index (χ0v) is 9.12. The number of allylic oxidation sites excluding steroid dienone is 1. The summed E-state index contributed by atoms with van der Waals surface area (Å²) in [5.41, 5.74) is 0.847. The zero-order valence-electron chi connectivity index (χ0n) is 8.37. The molecule has 15 heavy (non-hydrogen) atoms. The van der Waals surface area contributed by atoms with Crippen LogP contribution in [0.1, 0.15) is 18.9 Å². The summed E-state index contributed by atoms with van der Waals surface area (Å²) < 4.78 is 0. The van der Waals surface area contributed by atoms with E-state index in [1.807, 2.05) is 6.07 Å². The van der Waals surface area contributed by atoms with Crippen molar-refractivity contribution in [2.75, 3.05) is 0 Å². The number of benzene rings is 1. The number of carbonyl (C=O) groups is 2. The maximum atomic E-state index is 11.2. The van der Waals surface area contributed by atoms with E-state index in [0.717, 1.165) is 5.56 Å². The maximum absolute atomic E-state index is 11.2. The fourth-order valence-electron chi connectivity index (χ4n) is 1.10. The van der Waals surface area contributed by atoms with Crippen molar-refractivity contribution in [3.63, 3.8) is 0 Å². The van der Waals surface area contributed by atoms with Gasteiger partial charge in [0.25, 0.3) is 0 Å². The molecule has 0 saturated carbocycles. The Labute approximate surface area is 93.6 Å². The van der Waals surface area contributed by atoms with Gasteiger partial charge in [-0.05, 0) is 30.7 Å². The minimum absolute atomic E-state index is 0.0446. The predicted octanol–water partition coefficient (Wildman–Crippen LogP) is 2.90. The van der Waals surface area contributed by atoms with Gasteiger partial charge in [0.1, 0.15) is 5.78 Å². The van der Waals surface area contributed by atoms with E-state index in [-0.39, 0.29) is 18.0 Å². The summed E-state index contributed by atoms with van der Waals surface area (Å²) in [6.07, 6.45) is 3.00. The van der Waals surface area contributed by atoms with Crippen molar-refractivity contribution in [2.45, 2.75) is 13.3 Å². The normalized spacial score (nSPS) is 10.5. The van der Waals surface area contributed by atoms with Gasteiger partial charge in [-0.25, -0.2) is 0 Å². The van der Waals surface area contributed by atoms with E-state index in [0.29, 0.717) is 5.02 Å². The molecule has 0 spiro atoms. The molecule has 1 rings (SSSR count). The van der Waals surface area contributed by atoms with Crippen LogP contribution in [0.5, 0.6) is 0 Å².